The number of ketones is 1. The number of ether oxygens (including phenoxy) is 1. The second-order valence-corrected chi connectivity index (χ2v) is 9.07. The highest BCUT2D eigenvalue weighted by atomic mass is 16.5. The van der Waals surface area contributed by atoms with Crippen LogP contribution in [0.5, 0.6) is 5.75 Å². The van der Waals surface area contributed by atoms with Crippen LogP contribution >= 0.6 is 0 Å². The van der Waals surface area contributed by atoms with Crippen molar-refractivity contribution in [1.82, 2.24) is 0 Å². The molecule has 1 N–H and O–H groups in total. The summed E-state index contributed by atoms with van der Waals surface area (Å²) in [6.07, 6.45) is 1.03. The maximum absolute atomic E-state index is 13.1. The highest BCUT2D eigenvalue weighted by molar-refractivity contribution is 6.17. The molecule has 0 saturated carbocycles. The van der Waals surface area contributed by atoms with Gasteiger partial charge in [-0.3, -0.25) is 14.6 Å². The first kappa shape index (κ1) is 22.5. The maximum atomic E-state index is 13.1. The molecule has 33 heavy (non-hydrogen) atoms. The lowest BCUT2D eigenvalue weighted by Crippen LogP contribution is -2.30. The van der Waals surface area contributed by atoms with E-state index in [1.54, 1.807) is 43.5 Å². The molecule has 0 bridgehead atoms. The molecule has 1 heterocycles. The van der Waals surface area contributed by atoms with Crippen molar-refractivity contribution in [2.75, 3.05) is 12.4 Å². The third-order valence-electron chi connectivity index (χ3n) is 5.80. The molecule has 1 amide bonds. The molecule has 5 nitrogen and oxygen atoms in total. The van der Waals surface area contributed by atoms with Crippen LogP contribution in [0, 0.1) is 6.92 Å². The summed E-state index contributed by atoms with van der Waals surface area (Å²) >= 11 is 0. The van der Waals surface area contributed by atoms with Gasteiger partial charge in [0.2, 0.25) is 0 Å². The Morgan fingerprint density at radius 1 is 0.970 bits per heavy atom. The molecule has 0 aromatic heterocycles. The van der Waals surface area contributed by atoms with Gasteiger partial charge in [-0.15, -0.1) is 0 Å². The lowest BCUT2D eigenvalue weighted by molar-refractivity contribution is 0.0998. The summed E-state index contributed by atoms with van der Waals surface area (Å²) in [5.74, 6) is 0.553. The predicted molar refractivity (Wildman–Crippen MR) is 132 cm³/mol. The van der Waals surface area contributed by atoms with E-state index >= 15 is 0 Å². The van der Waals surface area contributed by atoms with Gasteiger partial charge in [0.05, 0.1) is 24.8 Å². The third-order valence-corrected chi connectivity index (χ3v) is 5.80. The van der Waals surface area contributed by atoms with Gasteiger partial charge in [-0.25, -0.2) is 0 Å². The molecule has 0 unspecified atom stereocenters. The van der Waals surface area contributed by atoms with Gasteiger partial charge in [0, 0.05) is 22.4 Å². The normalized spacial score (nSPS) is 14.1. The van der Waals surface area contributed by atoms with Gasteiger partial charge in [0.1, 0.15) is 5.75 Å². The number of nitrogens with one attached hydrogen (secondary N) is 1. The van der Waals surface area contributed by atoms with Crippen LogP contribution in [0.25, 0.3) is 0 Å². The largest absolute Gasteiger partial charge is 0.497 e. The Labute approximate surface area is 194 Å². The molecule has 3 aromatic rings. The number of aryl methyl sites for hydroxylation is 1. The molecule has 1 aliphatic rings. The number of hydrogen-bond donors (Lipinski definition) is 1. The van der Waals surface area contributed by atoms with E-state index in [1.807, 2.05) is 31.2 Å². The SMILES string of the molecule is COc1ccc2c(c1)C(CC(=O)c1ccc(NC(=O)c3ccc(C)cc3)cc1)=NC(C)(C)C2. The fourth-order valence-corrected chi connectivity index (χ4v) is 4.07. The molecule has 0 atom stereocenters. The number of amides is 1. The highest BCUT2D eigenvalue weighted by Crippen LogP contribution is 2.31. The molecule has 0 saturated heterocycles. The van der Waals surface area contributed by atoms with Gasteiger partial charge >= 0.3 is 0 Å². The Hall–Kier alpha value is -3.73. The molecule has 168 valence electrons. The minimum atomic E-state index is -0.263. The van der Waals surface area contributed by atoms with Crippen molar-refractivity contribution in [3.63, 3.8) is 0 Å². The molecule has 0 spiro atoms. The van der Waals surface area contributed by atoms with Crippen LogP contribution in [0.1, 0.15) is 57.7 Å². The van der Waals surface area contributed by atoms with Crippen molar-refractivity contribution in [2.24, 2.45) is 4.99 Å². The summed E-state index contributed by atoms with van der Waals surface area (Å²) in [5.41, 5.74) is 5.58. The minimum absolute atomic E-state index is 0.0170. The first-order valence-corrected chi connectivity index (χ1v) is 11.0. The lowest BCUT2D eigenvalue weighted by Gasteiger charge is -2.29. The van der Waals surface area contributed by atoms with Crippen molar-refractivity contribution in [1.29, 1.82) is 0 Å². The number of rotatable bonds is 6. The molecule has 5 heteroatoms. The highest BCUT2D eigenvalue weighted by Gasteiger charge is 2.28. The topological polar surface area (TPSA) is 67.8 Å². The number of benzene rings is 3. The van der Waals surface area contributed by atoms with Gasteiger partial charge in [-0.2, -0.15) is 0 Å². The van der Waals surface area contributed by atoms with Crippen LogP contribution in [-0.4, -0.2) is 30.1 Å². The minimum Gasteiger partial charge on any atom is -0.497 e. The fraction of sp³-hybridized carbons (Fsp3) is 0.250. The molecule has 4 rings (SSSR count). The van der Waals surface area contributed by atoms with Crippen LogP contribution in [0.3, 0.4) is 0 Å². The van der Waals surface area contributed by atoms with Crippen LogP contribution in [0.2, 0.25) is 0 Å². The molecule has 0 fully saturated rings. The lowest BCUT2D eigenvalue weighted by atomic mass is 9.85. The van der Waals surface area contributed by atoms with E-state index in [-0.39, 0.29) is 23.7 Å². The van der Waals surface area contributed by atoms with Gasteiger partial charge < -0.3 is 10.1 Å². The van der Waals surface area contributed by atoms with Crippen molar-refractivity contribution < 1.29 is 14.3 Å². The number of Topliss-reactive ketones (excluding diaryl/α,β-unsaturated/α-hetero) is 1. The average molecular weight is 441 g/mol. The van der Waals surface area contributed by atoms with Crippen LogP contribution in [-0.2, 0) is 6.42 Å². The number of methoxy groups -OCH3 is 1. The second kappa shape index (κ2) is 9.02. The summed E-state index contributed by atoms with van der Waals surface area (Å²) in [7, 11) is 1.63. The summed E-state index contributed by atoms with van der Waals surface area (Å²) in [6, 6.07) is 20.3. The number of fused-ring (bicyclic) bond motifs is 1. The van der Waals surface area contributed by atoms with Crippen LogP contribution in [0.4, 0.5) is 5.69 Å². The summed E-state index contributed by atoms with van der Waals surface area (Å²) in [4.78, 5) is 30.4. The molecular formula is C28H28N2O3. The van der Waals surface area contributed by atoms with Gasteiger partial charge in [0.25, 0.3) is 5.91 Å². The van der Waals surface area contributed by atoms with Crippen molar-refractivity contribution in [3.05, 3.63) is 94.5 Å². The van der Waals surface area contributed by atoms with Gasteiger partial charge in [-0.05, 0) is 81.3 Å². The Bertz CT molecular complexity index is 1220. The van der Waals surface area contributed by atoms with E-state index < -0.39 is 0 Å². The number of carbonyl (C=O) groups is 2. The number of carbonyl (C=O) groups excluding carboxylic acids is 2. The second-order valence-electron chi connectivity index (χ2n) is 9.07. The number of anilines is 1. The molecule has 0 aliphatic carbocycles. The molecule has 0 radical (unpaired) electrons. The van der Waals surface area contributed by atoms with Crippen molar-refractivity contribution >= 4 is 23.1 Å². The Morgan fingerprint density at radius 3 is 2.30 bits per heavy atom. The van der Waals surface area contributed by atoms with E-state index in [2.05, 4.69) is 25.2 Å². The van der Waals surface area contributed by atoms with Crippen LogP contribution < -0.4 is 10.1 Å². The Kier molecular flexibility index (Phi) is 6.14. The molecule has 3 aromatic carbocycles. The summed E-state index contributed by atoms with van der Waals surface area (Å²) in [6.45, 7) is 6.14. The van der Waals surface area contributed by atoms with E-state index in [4.69, 9.17) is 9.73 Å². The number of hydrogen-bond acceptors (Lipinski definition) is 4. The van der Waals surface area contributed by atoms with Gasteiger partial charge in [-0.1, -0.05) is 23.8 Å². The van der Waals surface area contributed by atoms with E-state index in [0.717, 1.165) is 29.0 Å². The monoisotopic (exact) mass is 440 g/mol. The standard InChI is InChI=1S/C28H28N2O3/c1-18-5-7-20(8-6-18)27(32)29-22-12-9-19(10-13-22)26(31)16-25-24-15-23(33-4)14-11-21(24)17-28(2,3)30-25/h5-15H,16-17H2,1-4H3,(H,29,32). The zero-order valence-electron chi connectivity index (χ0n) is 19.4. The maximum Gasteiger partial charge on any atom is 0.255 e. The van der Waals surface area contributed by atoms with Crippen molar-refractivity contribution in [2.45, 2.75) is 39.2 Å². The van der Waals surface area contributed by atoms with E-state index in [9.17, 15) is 9.59 Å². The Morgan fingerprint density at radius 2 is 1.64 bits per heavy atom. The fourth-order valence-electron chi connectivity index (χ4n) is 4.07. The van der Waals surface area contributed by atoms with Gasteiger partial charge in [0.15, 0.2) is 5.78 Å². The first-order valence-electron chi connectivity index (χ1n) is 11.0. The Balaban J connectivity index is 1.49. The molecular weight excluding hydrogens is 412 g/mol. The average Bonchev–Trinajstić information content (AvgIpc) is 2.79. The van der Waals surface area contributed by atoms with E-state index in [1.165, 1.54) is 5.56 Å². The summed E-state index contributed by atoms with van der Waals surface area (Å²) in [5, 5.41) is 2.87. The smallest absolute Gasteiger partial charge is 0.255 e. The molecule has 1 aliphatic heterocycles. The van der Waals surface area contributed by atoms with E-state index in [0.29, 0.717) is 16.8 Å². The zero-order valence-corrected chi connectivity index (χ0v) is 19.4. The first-order chi connectivity index (χ1) is 15.7. The number of nitrogens with zero attached hydrogens (tertiary/aromatic N) is 1. The third kappa shape index (κ3) is 5.20. The van der Waals surface area contributed by atoms with Crippen LogP contribution in [0.15, 0.2) is 71.7 Å². The predicted octanol–water partition coefficient (Wildman–Crippen LogP) is 5.65. The van der Waals surface area contributed by atoms with Crippen molar-refractivity contribution in [3.8, 4) is 5.75 Å². The quantitative estimate of drug-likeness (QED) is 0.504. The number of aliphatic imine (C=N–C) groups is 1. The summed E-state index contributed by atoms with van der Waals surface area (Å²) < 4.78 is 5.38. The zero-order chi connectivity index (χ0) is 23.6.